The van der Waals surface area contributed by atoms with Gasteiger partial charge in [0.25, 0.3) is 0 Å². The Morgan fingerprint density at radius 3 is 2.60 bits per heavy atom. The Morgan fingerprint density at radius 1 is 1.35 bits per heavy atom. The molecule has 0 saturated heterocycles. The SMILES string of the molecule is CCCN(C)S(=O)(=O)c1ccc(OC)cc1CCNC. The number of nitrogens with zero attached hydrogens (tertiary/aromatic N) is 1. The van der Waals surface area contributed by atoms with Crippen molar-refractivity contribution in [1.29, 1.82) is 0 Å². The topological polar surface area (TPSA) is 58.6 Å². The molecule has 0 bridgehead atoms. The molecule has 0 fully saturated rings. The number of benzene rings is 1. The van der Waals surface area contributed by atoms with E-state index in [1.54, 1.807) is 32.4 Å². The van der Waals surface area contributed by atoms with Crippen molar-refractivity contribution < 1.29 is 13.2 Å². The molecule has 0 spiro atoms. The van der Waals surface area contributed by atoms with Crippen LogP contribution in [0.25, 0.3) is 0 Å². The molecule has 0 radical (unpaired) electrons. The van der Waals surface area contributed by atoms with E-state index in [1.165, 1.54) is 4.31 Å². The van der Waals surface area contributed by atoms with Gasteiger partial charge in [-0.2, -0.15) is 0 Å². The van der Waals surface area contributed by atoms with Crippen molar-refractivity contribution in [3.05, 3.63) is 23.8 Å². The van der Waals surface area contributed by atoms with Crippen LogP contribution in [0.5, 0.6) is 5.75 Å². The fourth-order valence-electron chi connectivity index (χ4n) is 1.99. The molecule has 20 heavy (non-hydrogen) atoms. The number of likely N-dealkylation sites (N-methyl/N-ethyl adjacent to an activating group) is 1. The highest BCUT2D eigenvalue weighted by Gasteiger charge is 2.23. The van der Waals surface area contributed by atoms with E-state index in [0.29, 0.717) is 30.2 Å². The van der Waals surface area contributed by atoms with E-state index in [0.717, 1.165) is 12.0 Å². The van der Waals surface area contributed by atoms with Gasteiger partial charge in [0, 0.05) is 13.6 Å². The van der Waals surface area contributed by atoms with E-state index in [1.807, 2.05) is 14.0 Å². The number of hydrogen-bond acceptors (Lipinski definition) is 4. The van der Waals surface area contributed by atoms with Gasteiger partial charge in [-0.25, -0.2) is 12.7 Å². The third-order valence-corrected chi connectivity index (χ3v) is 5.10. The highest BCUT2D eigenvalue weighted by atomic mass is 32.2. The molecule has 6 heteroatoms. The third-order valence-electron chi connectivity index (χ3n) is 3.14. The normalized spacial score (nSPS) is 11.8. The molecule has 0 unspecified atom stereocenters. The molecule has 5 nitrogen and oxygen atoms in total. The second-order valence-electron chi connectivity index (χ2n) is 4.65. The van der Waals surface area contributed by atoms with Gasteiger partial charge in [0.2, 0.25) is 10.0 Å². The maximum Gasteiger partial charge on any atom is 0.243 e. The molecule has 1 rings (SSSR count). The Balaban J connectivity index is 3.21. The van der Waals surface area contributed by atoms with Crippen LogP contribution >= 0.6 is 0 Å². The minimum atomic E-state index is -3.44. The van der Waals surface area contributed by atoms with E-state index in [-0.39, 0.29) is 0 Å². The van der Waals surface area contributed by atoms with Crippen molar-refractivity contribution in [2.75, 3.05) is 34.3 Å². The van der Waals surface area contributed by atoms with Gasteiger partial charge in [0.15, 0.2) is 0 Å². The molecule has 0 amide bonds. The van der Waals surface area contributed by atoms with Gasteiger partial charge in [0.05, 0.1) is 12.0 Å². The van der Waals surface area contributed by atoms with Crippen LogP contribution in [0, 0.1) is 0 Å². The summed E-state index contributed by atoms with van der Waals surface area (Å²) in [4.78, 5) is 0.365. The van der Waals surface area contributed by atoms with E-state index in [9.17, 15) is 8.42 Å². The van der Waals surface area contributed by atoms with E-state index < -0.39 is 10.0 Å². The summed E-state index contributed by atoms with van der Waals surface area (Å²) in [5.41, 5.74) is 0.779. The Kier molecular flexibility index (Phi) is 6.45. The molecule has 0 aliphatic rings. The Hall–Kier alpha value is -1.11. The average molecular weight is 300 g/mol. The van der Waals surface area contributed by atoms with Gasteiger partial charge in [0.1, 0.15) is 5.75 Å². The van der Waals surface area contributed by atoms with Crippen LogP contribution in [-0.2, 0) is 16.4 Å². The first-order chi connectivity index (χ1) is 9.47. The van der Waals surface area contributed by atoms with Crippen molar-refractivity contribution in [1.82, 2.24) is 9.62 Å². The van der Waals surface area contributed by atoms with Crippen LogP contribution in [0.2, 0.25) is 0 Å². The molecular weight excluding hydrogens is 276 g/mol. The van der Waals surface area contributed by atoms with Gasteiger partial charge in [-0.05, 0) is 50.2 Å². The number of hydrogen-bond donors (Lipinski definition) is 1. The zero-order chi connectivity index (χ0) is 15.2. The van der Waals surface area contributed by atoms with Crippen LogP contribution in [0.4, 0.5) is 0 Å². The summed E-state index contributed by atoms with van der Waals surface area (Å²) in [6, 6.07) is 5.12. The van der Waals surface area contributed by atoms with Gasteiger partial charge >= 0.3 is 0 Å². The van der Waals surface area contributed by atoms with Gasteiger partial charge in [-0.15, -0.1) is 0 Å². The van der Waals surface area contributed by atoms with Crippen LogP contribution < -0.4 is 10.1 Å². The van der Waals surface area contributed by atoms with Crippen molar-refractivity contribution in [3.63, 3.8) is 0 Å². The van der Waals surface area contributed by atoms with E-state index >= 15 is 0 Å². The molecule has 114 valence electrons. The summed E-state index contributed by atoms with van der Waals surface area (Å²) < 4.78 is 31.7. The molecule has 0 aliphatic heterocycles. The molecule has 0 aliphatic carbocycles. The van der Waals surface area contributed by atoms with Crippen molar-refractivity contribution in [3.8, 4) is 5.75 Å². The maximum absolute atomic E-state index is 12.6. The summed E-state index contributed by atoms with van der Waals surface area (Å²) in [7, 11) is 1.60. The Labute approximate surface area is 122 Å². The zero-order valence-electron chi connectivity index (χ0n) is 12.6. The second-order valence-corrected chi connectivity index (χ2v) is 6.67. The number of ether oxygens (including phenoxy) is 1. The smallest absolute Gasteiger partial charge is 0.243 e. The van der Waals surface area contributed by atoms with Crippen molar-refractivity contribution >= 4 is 10.0 Å². The summed E-state index contributed by atoms with van der Waals surface area (Å²) in [6.07, 6.45) is 1.43. The zero-order valence-corrected chi connectivity index (χ0v) is 13.5. The largest absolute Gasteiger partial charge is 0.497 e. The number of nitrogens with one attached hydrogen (secondary N) is 1. The lowest BCUT2D eigenvalue weighted by atomic mass is 10.1. The lowest BCUT2D eigenvalue weighted by Gasteiger charge is -2.19. The Morgan fingerprint density at radius 2 is 2.05 bits per heavy atom. The molecule has 1 aromatic rings. The van der Waals surface area contributed by atoms with E-state index in [4.69, 9.17) is 4.74 Å². The fraction of sp³-hybridized carbons (Fsp3) is 0.571. The van der Waals surface area contributed by atoms with Crippen molar-refractivity contribution in [2.24, 2.45) is 0 Å². The van der Waals surface area contributed by atoms with Crippen molar-refractivity contribution in [2.45, 2.75) is 24.7 Å². The molecule has 0 heterocycles. The Bertz CT molecular complexity index is 529. The highest BCUT2D eigenvalue weighted by molar-refractivity contribution is 7.89. The summed E-state index contributed by atoms with van der Waals surface area (Å²) in [5.74, 6) is 0.674. The predicted molar refractivity (Wildman–Crippen MR) is 80.7 cm³/mol. The maximum atomic E-state index is 12.6. The molecule has 0 saturated carbocycles. The third kappa shape index (κ3) is 3.94. The van der Waals surface area contributed by atoms with Gasteiger partial charge < -0.3 is 10.1 Å². The number of methoxy groups -OCH3 is 1. The van der Waals surface area contributed by atoms with Crippen LogP contribution in [0.1, 0.15) is 18.9 Å². The number of rotatable bonds is 8. The first-order valence-electron chi connectivity index (χ1n) is 6.75. The minimum absolute atomic E-state index is 0.365. The highest BCUT2D eigenvalue weighted by Crippen LogP contribution is 2.24. The quantitative estimate of drug-likeness (QED) is 0.790. The molecule has 0 aromatic heterocycles. The number of sulfonamides is 1. The standard InChI is InChI=1S/C14H24N2O3S/c1-5-10-16(3)20(17,18)14-7-6-13(19-4)11-12(14)8-9-15-2/h6-7,11,15H,5,8-10H2,1-4H3. The lowest BCUT2D eigenvalue weighted by molar-refractivity contribution is 0.413. The van der Waals surface area contributed by atoms with Crippen LogP contribution in [-0.4, -0.2) is 47.0 Å². The minimum Gasteiger partial charge on any atom is -0.497 e. The van der Waals surface area contributed by atoms with Crippen LogP contribution in [0.15, 0.2) is 23.1 Å². The molecule has 0 atom stereocenters. The van der Waals surface area contributed by atoms with E-state index in [2.05, 4.69) is 5.32 Å². The first-order valence-corrected chi connectivity index (χ1v) is 8.19. The fourth-order valence-corrected chi connectivity index (χ4v) is 3.48. The lowest BCUT2D eigenvalue weighted by Crippen LogP contribution is -2.28. The predicted octanol–water partition coefficient (Wildman–Crippen LogP) is 1.49. The van der Waals surface area contributed by atoms with Crippen LogP contribution in [0.3, 0.4) is 0 Å². The molecular formula is C14H24N2O3S. The monoisotopic (exact) mass is 300 g/mol. The summed E-state index contributed by atoms with van der Waals surface area (Å²) in [6.45, 7) is 3.19. The second kappa shape index (κ2) is 7.61. The molecule has 1 N–H and O–H groups in total. The summed E-state index contributed by atoms with van der Waals surface area (Å²) >= 11 is 0. The average Bonchev–Trinajstić information content (AvgIpc) is 2.44. The summed E-state index contributed by atoms with van der Waals surface area (Å²) in [5, 5.41) is 3.04. The first kappa shape index (κ1) is 16.9. The molecule has 1 aromatic carbocycles. The van der Waals surface area contributed by atoms with Gasteiger partial charge in [-0.3, -0.25) is 0 Å². The van der Waals surface area contributed by atoms with Gasteiger partial charge in [-0.1, -0.05) is 6.92 Å².